The molecule has 0 spiro atoms. The fourth-order valence-electron chi connectivity index (χ4n) is 1.07. The van der Waals surface area contributed by atoms with Crippen molar-refractivity contribution in [2.45, 2.75) is 18.1 Å². The molecule has 1 aromatic rings. The second-order valence-corrected chi connectivity index (χ2v) is 4.23. The highest BCUT2D eigenvalue weighted by Crippen LogP contribution is 2.11. The first kappa shape index (κ1) is 12.2. The van der Waals surface area contributed by atoms with Crippen LogP contribution in [0.25, 0.3) is 0 Å². The van der Waals surface area contributed by atoms with Gasteiger partial charge in [0.1, 0.15) is 0 Å². The summed E-state index contributed by atoms with van der Waals surface area (Å²) in [4.78, 5) is 17.9. The van der Waals surface area contributed by atoms with Gasteiger partial charge in [0.25, 0.3) is 5.56 Å². The van der Waals surface area contributed by atoms with Crippen molar-refractivity contribution >= 4 is 11.8 Å². The average Bonchev–Trinajstić information content (AvgIpc) is 2.14. The lowest BCUT2D eigenvalue weighted by molar-refractivity contribution is 0.186. The van der Waals surface area contributed by atoms with Crippen LogP contribution >= 0.6 is 11.8 Å². The van der Waals surface area contributed by atoms with E-state index in [9.17, 15) is 4.79 Å². The van der Waals surface area contributed by atoms with Crippen molar-refractivity contribution < 1.29 is 4.74 Å². The van der Waals surface area contributed by atoms with Gasteiger partial charge < -0.3 is 15.5 Å². The molecule has 0 aliphatic heterocycles. The van der Waals surface area contributed by atoms with Crippen LogP contribution in [0, 0.1) is 6.92 Å². The maximum atomic E-state index is 11.1. The number of hydrogen-bond acceptors (Lipinski definition) is 5. The molecule has 0 radical (unpaired) electrons. The number of aryl methyl sites for hydroxylation is 1. The van der Waals surface area contributed by atoms with E-state index in [0.29, 0.717) is 23.2 Å². The van der Waals surface area contributed by atoms with Gasteiger partial charge in [-0.3, -0.25) is 4.79 Å². The number of aromatic nitrogens is 2. The molecule has 0 bridgehead atoms. The summed E-state index contributed by atoms with van der Waals surface area (Å²) in [6.45, 7) is 2.29. The van der Waals surface area contributed by atoms with E-state index < -0.39 is 0 Å². The van der Waals surface area contributed by atoms with E-state index in [2.05, 4.69) is 9.97 Å². The van der Waals surface area contributed by atoms with E-state index in [0.717, 1.165) is 0 Å². The Morgan fingerprint density at radius 1 is 1.73 bits per heavy atom. The third-order valence-electron chi connectivity index (χ3n) is 1.66. The first-order valence-corrected chi connectivity index (χ1v) is 5.55. The number of methoxy groups -OCH3 is 1. The molecule has 0 saturated heterocycles. The van der Waals surface area contributed by atoms with Crippen LogP contribution in [0.2, 0.25) is 0 Å². The lowest BCUT2D eigenvalue weighted by Gasteiger charge is -2.08. The Balaban J connectivity index is 2.54. The SMILES string of the molecule is COCC(N)CSc1nc(C)cc(=O)[nH]1. The molecule has 0 aromatic carbocycles. The van der Waals surface area contributed by atoms with Gasteiger partial charge in [-0.25, -0.2) is 4.98 Å². The Hall–Kier alpha value is -0.850. The summed E-state index contributed by atoms with van der Waals surface area (Å²) in [6.07, 6.45) is 0. The van der Waals surface area contributed by atoms with E-state index >= 15 is 0 Å². The van der Waals surface area contributed by atoms with E-state index in [1.807, 2.05) is 0 Å². The molecule has 3 N–H and O–H groups in total. The van der Waals surface area contributed by atoms with Gasteiger partial charge in [0.15, 0.2) is 5.16 Å². The Kier molecular flexibility index (Phi) is 4.80. The Morgan fingerprint density at radius 2 is 2.47 bits per heavy atom. The molecule has 5 nitrogen and oxygen atoms in total. The molecular formula is C9H15N3O2S. The summed E-state index contributed by atoms with van der Waals surface area (Å²) in [6, 6.07) is 1.41. The number of nitrogens with zero attached hydrogens (tertiary/aromatic N) is 1. The van der Waals surface area contributed by atoms with Crippen LogP contribution in [0.4, 0.5) is 0 Å². The number of aromatic amines is 1. The topological polar surface area (TPSA) is 81.0 Å². The highest BCUT2D eigenvalue weighted by Gasteiger charge is 2.04. The van der Waals surface area contributed by atoms with Gasteiger partial charge in [-0.05, 0) is 6.92 Å². The van der Waals surface area contributed by atoms with Crippen LogP contribution in [0.1, 0.15) is 5.69 Å². The molecule has 15 heavy (non-hydrogen) atoms. The summed E-state index contributed by atoms with van der Waals surface area (Å²) in [7, 11) is 1.61. The van der Waals surface area contributed by atoms with Crippen molar-refractivity contribution in [1.29, 1.82) is 0 Å². The van der Waals surface area contributed by atoms with Crippen molar-refractivity contribution in [3.63, 3.8) is 0 Å². The second kappa shape index (κ2) is 5.89. The Labute approximate surface area is 92.4 Å². The number of nitrogens with one attached hydrogen (secondary N) is 1. The zero-order valence-electron chi connectivity index (χ0n) is 8.82. The molecule has 0 saturated carbocycles. The average molecular weight is 229 g/mol. The first-order valence-electron chi connectivity index (χ1n) is 4.57. The molecule has 0 aliphatic rings. The lowest BCUT2D eigenvalue weighted by Crippen LogP contribution is -2.28. The van der Waals surface area contributed by atoms with Crippen LogP contribution in [-0.4, -0.2) is 35.5 Å². The minimum absolute atomic E-state index is 0.0502. The van der Waals surface area contributed by atoms with Gasteiger partial charge in [-0.1, -0.05) is 11.8 Å². The summed E-state index contributed by atoms with van der Waals surface area (Å²) >= 11 is 1.43. The van der Waals surface area contributed by atoms with E-state index in [1.165, 1.54) is 17.8 Å². The Bertz CT molecular complexity index is 367. The number of thioether (sulfide) groups is 1. The molecule has 0 aliphatic carbocycles. The summed E-state index contributed by atoms with van der Waals surface area (Å²) in [5.74, 6) is 0.667. The molecule has 0 amide bonds. The molecule has 1 atom stereocenters. The number of H-pyrrole nitrogens is 1. The van der Waals surface area contributed by atoms with Gasteiger partial charge in [0.2, 0.25) is 0 Å². The van der Waals surface area contributed by atoms with E-state index in [4.69, 9.17) is 10.5 Å². The fraction of sp³-hybridized carbons (Fsp3) is 0.556. The minimum atomic E-state index is -0.134. The van der Waals surface area contributed by atoms with Crippen molar-refractivity contribution in [2.75, 3.05) is 19.5 Å². The predicted octanol–water partition coefficient (Wildman–Crippen LogP) is 0.144. The molecule has 1 aromatic heterocycles. The second-order valence-electron chi connectivity index (χ2n) is 3.22. The van der Waals surface area contributed by atoms with Gasteiger partial charge in [-0.2, -0.15) is 0 Å². The van der Waals surface area contributed by atoms with Gasteiger partial charge in [0, 0.05) is 30.7 Å². The van der Waals surface area contributed by atoms with Crippen molar-refractivity contribution in [3.05, 3.63) is 22.1 Å². The summed E-state index contributed by atoms with van der Waals surface area (Å²) in [5.41, 5.74) is 6.32. The van der Waals surface area contributed by atoms with Gasteiger partial charge >= 0.3 is 0 Å². The monoisotopic (exact) mass is 229 g/mol. The number of ether oxygens (including phenoxy) is 1. The summed E-state index contributed by atoms with van der Waals surface area (Å²) in [5, 5.41) is 0.603. The largest absolute Gasteiger partial charge is 0.383 e. The zero-order valence-corrected chi connectivity index (χ0v) is 9.63. The maximum Gasteiger partial charge on any atom is 0.251 e. The van der Waals surface area contributed by atoms with Crippen LogP contribution in [0.5, 0.6) is 0 Å². The molecule has 84 valence electrons. The summed E-state index contributed by atoms with van der Waals surface area (Å²) < 4.78 is 4.91. The highest BCUT2D eigenvalue weighted by atomic mass is 32.2. The lowest BCUT2D eigenvalue weighted by atomic mass is 10.4. The third kappa shape index (κ3) is 4.46. The molecule has 6 heteroatoms. The van der Waals surface area contributed by atoms with Crippen LogP contribution in [-0.2, 0) is 4.74 Å². The van der Waals surface area contributed by atoms with Crippen molar-refractivity contribution in [1.82, 2.24) is 9.97 Å². The van der Waals surface area contributed by atoms with Crippen LogP contribution in [0.15, 0.2) is 16.0 Å². The van der Waals surface area contributed by atoms with Gasteiger partial charge in [-0.15, -0.1) is 0 Å². The van der Waals surface area contributed by atoms with Crippen LogP contribution in [0.3, 0.4) is 0 Å². The third-order valence-corrected chi connectivity index (χ3v) is 2.72. The van der Waals surface area contributed by atoms with Crippen LogP contribution < -0.4 is 11.3 Å². The molecule has 1 rings (SSSR count). The maximum absolute atomic E-state index is 11.1. The molecule has 1 heterocycles. The quantitative estimate of drug-likeness (QED) is 0.554. The zero-order chi connectivity index (χ0) is 11.3. The predicted molar refractivity (Wildman–Crippen MR) is 60.2 cm³/mol. The van der Waals surface area contributed by atoms with E-state index in [1.54, 1.807) is 14.0 Å². The fourth-order valence-corrected chi connectivity index (χ4v) is 1.92. The normalized spacial score (nSPS) is 12.7. The van der Waals surface area contributed by atoms with Crippen molar-refractivity contribution in [3.8, 4) is 0 Å². The standard InChI is InChI=1S/C9H15N3O2S/c1-6-3-8(13)12-9(11-6)15-5-7(10)4-14-2/h3,7H,4-5,10H2,1-2H3,(H,11,12,13). The van der Waals surface area contributed by atoms with E-state index in [-0.39, 0.29) is 11.6 Å². The number of rotatable bonds is 5. The van der Waals surface area contributed by atoms with Crippen molar-refractivity contribution in [2.24, 2.45) is 5.73 Å². The molecule has 1 unspecified atom stereocenters. The minimum Gasteiger partial charge on any atom is -0.383 e. The number of nitrogens with two attached hydrogens (primary N) is 1. The smallest absolute Gasteiger partial charge is 0.251 e. The molecule has 0 fully saturated rings. The van der Waals surface area contributed by atoms with Gasteiger partial charge in [0.05, 0.1) is 6.61 Å². The molecular weight excluding hydrogens is 214 g/mol. The first-order chi connectivity index (χ1) is 7.11. The highest BCUT2D eigenvalue weighted by molar-refractivity contribution is 7.99. The number of hydrogen-bond donors (Lipinski definition) is 2. The Morgan fingerprint density at radius 3 is 3.07 bits per heavy atom.